The van der Waals surface area contributed by atoms with Gasteiger partial charge in [0, 0.05) is 26.3 Å². The van der Waals surface area contributed by atoms with Gasteiger partial charge in [-0.05, 0) is 34.5 Å². The number of nitrogens with zero attached hydrogens (tertiary/aromatic N) is 1. The number of hydrogen-bond acceptors (Lipinski definition) is 4. The zero-order chi connectivity index (χ0) is 11.8. The highest BCUT2D eigenvalue weighted by atomic mass is 79.9. The Morgan fingerprint density at radius 3 is 3.00 bits per heavy atom. The molecule has 1 aromatic rings. The Balaban J connectivity index is 2.41. The van der Waals surface area contributed by atoms with E-state index in [0.717, 1.165) is 10.3 Å². The zero-order valence-corrected chi connectivity index (χ0v) is 10.9. The van der Waals surface area contributed by atoms with Crippen LogP contribution in [-0.2, 0) is 11.3 Å². The lowest BCUT2D eigenvalue weighted by molar-refractivity contribution is 0.148. The smallest absolute Gasteiger partial charge is 0.106 e. The van der Waals surface area contributed by atoms with Crippen LogP contribution < -0.4 is 5.32 Å². The van der Waals surface area contributed by atoms with Gasteiger partial charge in [-0.2, -0.15) is 0 Å². The van der Waals surface area contributed by atoms with Crippen LogP contribution >= 0.6 is 15.9 Å². The molecule has 0 saturated carbocycles. The van der Waals surface area contributed by atoms with Crippen LogP contribution in [0.5, 0.6) is 0 Å². The summed E-state index contributed by atoms with van der Waals surface area (Å²) in [6, 6.07) is 5.96. The fraction of sp³-hybridized carbons (Fsp3) is 0.545. The van der Waals surface area contributed by atoms with E-state index in [-0.39, 0.29) is 12.6 Å². The average Bonchev–Trinajstić information content (AvgIpc) is 2.27. The molecule has 0 aliphatic carbocycles. The molecule has 0 aliphatic heterocycles. The molecule has 90 valence electrons. The molecule has 1 rings (SSSR count). The Kier molecular flexibility index (Phi) is 6.56. The minimum Gasteiger partial charge on any atom is -0.396 e. The monoisotopic (exact) mass is 288 g/mol. The Hall–Kier alpha value is -0.490. The molecule has 1 heterocycles. The molecule has 1 aromatic heterocycles. The second-order valence-corrected chi connectivity index (χ2v) is 4.31. The Labute approximate surface area is 104 Å². The molecular formula is C11H17BrN2O2. The van der Waals surface area contributed by atoms with E-state index in [1.807, 2.05) is 18.2 Å². The summed E-state index contributed by atoms with van der Waals surface area (Å²) < 4.78 is 5.90. The van der Waals surface area contributed by atoms with E-state index in [4.69, 9.17) is 9.84 Å². The van der Waals surface area contributed by atoms with Gasteiger partial charge in [-0.25, -0.2) is 4.98 Å². The highest BCUT2D eigenvalue weighted by Crippen LogP contribution is 2.06. The highest BCUT2D eigenvalue weighted by molar-refractivity contribution is 9.10. The summed E-state index contributed by atoms with van der Waals surface area (Å²) in [5, 5.41) is 12.2. The summed E-state index contributed by atoms with van der Waals surface area (Å²) >= 11 is 3.33. The lowest BCUT2D eigenvalue weighted by Gasteiger charge is -2.16. The number of rotatable bonds is 7. The summed E-state index contributed by atoms with van der Waals surface area (Å²) in [7, 11) is 1.66. The summed E-state index contributed by atoms with van der Waals surface area (Å²) in [4.78, 5) is 4.32. The first-order chi connectivity index (χ1) is 7.76. The molecule has 4 nitrogen and oxygen atoms in total. The Morgan fingerprint density at radius 2 is 2.38 bits per heavy atom. The number of ether oxygens (including phenoxy) is 1. The van der Waals surface area contributed by atoms with Crippen molar-refractivity contribution in [2.45, 2.75) is 19.0 Å². The molecular weight excluding hydrogens is 272 g/mol. The third-order valence-electron chi connectivity index (χ3n) is 2.19. The van der Waals surface area contributed by atoms with Crippen molar-refractivity contribution in [3.05, 3.63) is 28.5 Å². The highest BCUT2D eigenvalue weighted by Gasteiger charge is 2.07. The summed E-state index contributed by atoms with van der Waals surface area (Å²) in [6.07, 6.45) is 0.682. The van der Waals surface area contributed by atoms with Crippen molar-refractivity contribution in [1.82, 2.24) is 10.3 Å². The molecule has 0 bridgehead atoms. The van der Waals surface area contributed by atoms with Crippen molar-refractivity contribution < 1.29 is 9.84 Å². The van der Waals surface area contributed by atoms with Gasteiger partial charge < -0.3 is 15.2 Å². The molecule has 5 heteroatoms. The number of aromatic nitrogens is 1. The van der Waals surface area contributed by atoms with Gasteiger partial charge in [-0.3, -0.25) is 0 Å². The van der Waals surface area contributed by atoms with Gasteiger partial charge in [0.1, 0.15) is 4.60 Å². The van der Waals surface area contributed by atoms with Gasteiger partial charge in [-0.1, -0.05) is 6.07 Å². The van der Waals surface area contributed by atoms with Crippen molar-refractivity contribution >= 4 is 15.9 Å². The minimum absolute atomic E-state index is 0.160. The molecule has 0 aliphatic rings. The maximum Gasteiger partial charge on any atom is 0.106 e. The number of pyridine rings is 1. The van der Waals surface area contributed by atoms with E-state index in [0.29, 0.717) is 19.6 Å². The maximum atomic E-state index is 8.89. The summed E-state index contributed by atoms with van der Waals surface area (Å²) in [5.41, 5.74) is 0.966. The molecule has 0 spiro atoms. The van der Waals surface area contributed by atoms with Gasteiger partial charge in [0.05, 0.1) is 12.3 Å². The standard InChI is InChI=1S/C11H17BrN2O2/c1-16-8-10(5-6-15)13-7-9-3-2-4-11(12)14-9/h2-4,10,13,15H,5-8H2,1H3. The van der Waals surface area contributed by atoms with Crippen molar-refractivity contribution in [2.75, 3.05) is 20.3 Å². The van der Waals surface area contributed by atoms with Gasteiger partial charge in [0.15, 0.2) is 0 Å². The molecule has 0 amide bonds. The SMILES string of the molecule is COCC(CCO)NCc1cccc(Br)n1. The predicted octanol–water partition coefficient (Wildman–Crippen LogP) is 1.33. The predicted molar refractivity (Wildman–Crippen MR) is 66.1 cm³/mol. The zero-order valence-electron chi connectivity index (χ0n) is 9.32. The number of hydrogen-bond donors (Lipinski definition) is 2. The molecule has 16 heavy (non-hydrogen) atoms. The van der Waals surface area contributed by atoms with Crippen LogP contribution in [0.2, 0.25) is 0 Å². The first kappa shape index (κ1) is 13.6. The van der Waals surface area contributed by atoms with Gasteiger partial charge in [0.25, 0.3) is 0 Å². The quantitative estimate of drug-likeness (QED) is 0.744. The van der Waals surface area contributed by atoms with Crippen molar-refractivity contribution in [2.24, 2.45) is 0 Å². The fourth-order valence-electron chi connectivity index (χ4n) is 1.40. The third-order valence-corrected chi connectivity index (χ3v) is 2.63. The van der Waals surface area contributed by atoms with E-state index in [1.165, 1.54) is 0 Å². The summed E-state index contributed by atoms with van der Waals surface area (Å²) in [5.74, 6) is 0. The molecule has 0 aromatic carbocycles. The van der Waals surface area contributed by atoms with Crippen LogP contribution in [-0.4, -0.2) is 36.5 Å². The van der Waals surface area contributed by atoms with Crippen LogP contribution in [0, 0.1) is 0 Å². The molecule has 2 N–H and O–H groups in total. The van der Waals surface area contributed by atoms with Crippen LogP contribution in [0.3, 0.4) is 0 Å². The van der Waals surface area contributed by atoms with Gasteiger partial charge >= 0.3 is 0 Å². The second-order valence-electron chi connectivity index (χ2n) is 3.50. The maximum absolute atomic E-state index is 8.89. The third kappa shape index (κ3) is 5.03. The molecule has 1 atom stereocenters. The Bertz CT molecular complexity index is 304. The van der Waals surface area contributed by atoms with Crippen LogP contribution in [0.4, 0.5) is 0 Å². The average molecular weight is 289 g/mol. The molecule has 1 unspecified atom stereocenters. The van der Waals surface area contributed by atoms with Gasteiger partial charge in [0.2, 0.25) is 0 Å². The van der Waals surface area contributed by atoms with E-state index in [2.05, 4.69) is 26.2 Å². The van der Waals surface area contributed by atoms with E-state index < -0.39 is 0 Å². The topological polar surface area (TPSA) is 54.4 Å². The lowest BCUT2D eigenvalue weighted by Crippen LogP contribution is -2.33. The van der Waals surface area contributed by atoms with E-state index in [9.17, 15) is 0 Å². The van der Waals surface area contributed by atoms with Crippen molar-refractivity contribution in [3.8, 4) is 0 Å². The van der Waals surface area contributed by atoms with E-state index in [1.54, 1.807) is 7.11 Å². The normalized spacial score (nSPS) is 12.7. The molecule has 0 fully saturated rings. The summed E-state index contributed by atoms with van der Waals surface area (Å²) in [6.45, 7) is 1.43. The lowest BCUT2D eigenvalue weighted by atomic mass is 10.2. The van der Waals surface area contributed by atoms with Crippen molar-refractivity contribution in [1.29, 1.82) is 0 Å². The largest absolute Gasteiger partial charge is 0.396 e. The van der Waals surface area contributed by atoms with Gasteiger partial charge in [-0.15, -0.1) is 0 Å². The second kappa shape index (κ2) is 7.73. The molecule has 0 radical (unpaired) electrons. The number of methoxy groups -OCH3 is 1. The number of nitrogens with one attached hydrogen (secondary N) is 1. The fourth-order valence-corrected chi connectivity index (χ4v) is 1.78. The number of aliphatic hydroxyl groups excluding tert-OH is 1. The van der Waals surface area contributed by atoms with Crippen LogP contribution in [0.15, 0.2) is 22.8 Å². The molecule has 0 saturated heterocycles. The van der Waals surface area contributed by atoms with Crippen LogP contribution in [0.1, 0.15) is 12.1 Å². The van der Waals surface area contributed by atoms with Crippen molar-refractivity contribution in [3.63, 3.8) is 0 Å². The minimum atomic E-state index is 0.160. The Morgan fingerprint density at radius 1 is 1.56 bits per heavy atom. The first-order valence-electron chi connectivity index (χ1n) is 5.21. The number of aliphatic hydroxyl groups is 1. The van der Waals surface area contributed by atoms with E-state index >= 15 is 0 Å². The first-order valence-corrected chi connectivity index (χ1v) is 6.00. The number of halogens is 1. The van der Waals surface area contributed by atoms with Crippen LogP contribution in [0.25, 0.3) is 0 Å².